The molecule has 4 nitrogen and oxygen atoms in total. The third kappa shape index (κ3) is 4.33. The topological polar surface area (TPSA) is 55.4 Å². The van der Waals surface area contributed by atoms with E-state index < -0.39 is 0 Å². The van der Waals surface area contributed by atoms with Crippen molar-refractivity contribution in [3.8, 4) is 5.75 Å². The van der Waals surface area contributed by atoms with Crippen molar-refractivity contribution in [2.75, 3.05) is 12.4 Å². The predicted molar refractivity (Wildman–Crippen MR) is 98.8 cm³/mol. The number of rotatable bonds is 6. The molecule has 2 aromatic carbocycles. The number of benzene rings is 2. The van der Waals surface area contributed by atoms with Crippen molar-refractivity contribution in [2.45, 2.75) is 19.3 Å². The molecule has 130 valence electrons. The smallest absolute Gasteiger partial charge is 0.227 e. The lowest BCUT2D eigenvalue weighted by molar-refractivity contribution is -0.117. The maximum Gasteiger partial charge on any atom is 0.227 e. The number of ether oxygens (including phenoxy) is 1. The molecule has 0 saturated heterocycles. The summed E-state index contributed by atoms with van der Waals surface area (Å²) in [7, 11) is 1.53. The zero-order valence-corrected chi connectivity index (χ0v) is 15.2. The Balaban J connectivity index is 1.79. The highest BCUT2D eigenvalue weighted by Crippen LogP contribution is 2.33. The van der Waals surface area contributed by atoms with Crippen molar-refractivity contribution in [3.05, 3.63) is 57.6 Å². The molecule has 0 heterocycles. The summed E-state index contributed by atoms with van der Waals surface area (Å²) in [4.78, 5) is 24.6. The monoisotopic (exact) mass is 377 g/mol. The number of halogens is 2. The highest BCUT2D eigenvalue weighted by Gasteiger charge is 2.30. The predicted octanol–water partition coefficient (Wildman–Crippen LogP) is 4.78. The van der Waals surface area contributed by atoms with Crippen LogP contribution >= 0.6 is 23.2 Å². The molecule has 0 radical (unpaired) electrons. The van der Waals surface area contributed by atoms with Crippen molar-refractivity contribution in [2.24, 2.45) is 5.92 Å². The maximum atomic E-state index is 12.6. The summed E-state index contributed by atoms with van der Waals surface area (Å²) in [6.45, 7) is 0. The average Bonchev–Trinajstić information content (AvgIpc) is 3.43. The average molecular weight is 378 g/mol. The molecule has 6 heteroatoms. The van der Waals surface area contributed by atoms with Gasteiger partial charge in [-0.2, -0.15) is 0 Å². The molecule has 0 aliphatic heterocycles. The first kappa shape index (κ1) is 17.8. The zero-order chi connectivity index (χ0) is 18.0. The fourth-order valence-corrected chi connectivity index (χ4v) is 2.82. The van der Waals surface area contributed by atoms with E-state index in [-0.39, 0.29) is 24.0 Å². The Morgan fingerprint density at radius 2 is 1.88 bits per heavy atom. The highest BCUT2D eigenvalue weighted by atomic mass is 35.5. The molecule has 1 amide bonds. The van der Waals surface area contributed by atoms with E-state index in [2.05, 4.69) is 5.32 Å². The first-order chi connectivity index (χ1) is 12.0. The van der Waals surface area contributed by atoms with Gasteiger partial charge in [-0.1, -0.05) is 29.3 Å². The van der Waals surface area contributed by atoms with Crippen molar-refractivity contribution >= 4 is 40.6 Å². The molecule has 25 heavy (non-hydrogen) atoms. The van der Waals surface area contributed by atoms with Crippen molar-refractivity contribution in [3.63, 3.8) is 0 Å². The van der Waals surface area contributed by atoms with Crippen molar-refractivity contribution in [1.82, 2.24) is 0 Å². The van der Waals surface area contributed by atoms with Gasteiger partial charge in [-0.05, 0) is 48.7 Å². The lowest BCUT2D eigenvalue weighted by atomic mass is 10.0. The molecule has 0 unspecified atom stereocenters. The number of hydrogen-bond acceptors (Lipinski definition) is 3. The molecule has 0 atom stereocenters. The summed E-state index contributed by atoms with van der Waals surface area (Å²) in [5.74, 6) is 0.482. The van der Waals surface area contributed by atoms with Crippen LogP contribution in [0.15, 0.2) is 36.4 Å². The Morgan fingerprint density at radius 3 is 2.52 bits per heavy atom. The third-order valence-corrected chi connectivity index (χ3v) is 4.82. The summed E-state index contributed by atoms with van der Waals surface area (Å²) in [5.41, 5.74) is 1.79. The molecule has 0 aromatic heterocycles. The normalized spacial score (nSPS) is 13.4. The summed E-state index contributed by atoms with van der Waals surface area (Å²) >= 11 is 11.9. The SMILES string of the molecule is COc1ccc(C(=O)Cc2ccc(Cl)c(Cl)c2)cc1NC(=O)C1CC1. The number of Topliss-reactive ketones (excluding diaryl/α,β-unsaturated/α-hetero) is 1. The molecular weight excluding hydrogens is 361 g/mol. The van der Waals surface area contributed by atoms with Crippen LogP contribution in [0.2, 0.25) is 10.0 Å². The van der Waals surface area contributed by atoms with E-state index in [1.807, 2.05) is 0 Å². The summed E-state index contributed by atoms with van der Waals surface area (Å²) in [5, 5.41) is 3.71. The second-order valence-corrected chi connectivity index (χ2v) is 6.84. The van der Waals surface area contributed by atoms with Crippen LogP contribution in [0.3, 0.4) is 0 Å². The Hall–Kier alpha value is -2.04. The van der Waals surface area contributed by atoms with E-state index in [9.17, 15) is 9.59 Å². The van der Waals surface area contributed by atoms with Crippen LogP contribution in [0.25, 0.3) is 0 Å². The van der Waals surface area contributed by atoms with Gasteiger partial charge in [0.1, 0.15) is 5.75 Å². The van der Waals surface area contributed by atoms with E-state index in [1.54, 1.807) is 36.4 Å². The number of carbonyl (C=O) groups is 2. The molecule has 1 aliphatic rings. The number of anilines is 1. The van der Waals surface area contributed by atoms with E-state index in [4.69, 9.17) is 27.9 Å². The van der Waals surface area contributed by atoms with Crippen LogP contribution < -0.4 is 10.1 Å². The number of methoxy groups -OCH3 is 1. The van der Waals surface area contributed by atoms with Gasteiger partial charge >= 0.3 is 0 Å². The van der Waals surface area contributed by atoms with Crippen LogP contribution in [0.1, 0.15) is 28.8 Å². The lowest BCUT2D eigenvalue weighted by Gasteiger charge is -2.12. The molecule has 3 rings (SSSR count). The lowest BCUT2D eigenvalue weighted by Crippen LogP contribution is -2.15. The molecule has 1 N–H and O–H groups in total. The Kier molecular flexibility index (Phi) is 5.30. The van der Waals surface area contributed by atoms with Crippen LogP contribution in [0.5, 0.6) is 5.75 Å². The molecule has 1 saturated carbocycles. The van der Waals surface area contributed by atoms with E-state index in [1.165, 1.54) is 7.11 Å². The number of carbonyl (C=O) groups excluding carboxylic acids is 2. The quantitative estimate of drug-likeness (QED) is 0.737. The third-order valence-electron chi connectivity index (χ3n) is 4.08. The molecule has 2 aromatic rings. The van der Waals surface area contributed by atoms with Gasteiger partial charge < -0.3 is 10.1 Å². The fourth-order valence-electron chi connectivity index (χ4n) is 2.50. The minimum atomic E-state index is -0.0806. The molecule has 1 aliphatic carbocycles. The van der Waals surface area contributed by atoms with Gasteiger partial charge in [-0.15, -0.1) is 0 Å². The summed E-state index contributed by atoms with van der Waals surface area (Å²) < 4.78 is 5.27. The van der Waals surface area contributed by atoms with Gasteiger partial charge in [0.15, 0.2) is 5.78 Å². The highest BCUT2D eigenvalue weighted by molar-refractivity contribution is 6.42. The van der Waals surface area contributed by atoms with Gasteiger partial charge in [0, 0.05) is 17.9 Å². The van der Waals surface area contributed by atoms with E-state index >= 15 is 0 Å². The van der Waals surface area contributed by atoms with Crippen LogP contribution in [-0.2, 0) is 11.2 Å². The fraction of sp³-hybridized carbons (Fsp3) is 0.263. The van der Waals surface area contributed by atoms with Gasteiger partial charge in [-0.3, -0.25) is 9.59 Å². The summed E-state index contributed by atoms with van der Waals surface area (Å²) in [6, 6.07) is 10.1. The van der Waals surface area contributed by atoms with Gasteiger partial charge in [0.25, 0.3) is 0 Å². The Morgan fingerprint density at radius 1 is 1.12 bits per heavy atom. The zero-order valence-electron chi connectivity index (χ0n) is 13.6. The van der Waals surface area contributed by atoms with Gasteiger partial charge in [0.2, 0.25) is 5.91 Å². The number of ketones is 1. The Labute approximate surface area is 156 Å². The largest absolute Gasteiger partial charge is 0.495 e. The first-order valence-corrected chi connectivity index (χ1v) is 8.69. The number of amides is 1. The number of hydrogen-bond donors (Lipinski definition) is 1. The second kappa shape index (κ2) is 7.46. The van der Waals surface area contributed by atoms with Crippen molar-refractivity contribution < 1.29 is 14.3 Å². The first-order valence-electron chi connectivity index (χ1n) is 7.94. The van der Waals surface area contributed by atoms with Gasteiger partial charge in [0.05, 0.1) is 22.8 Å². The molecule has 0 spiro atoms. The van der Waals surface area contributed by atoms with E-state index in [0.717, 1.165) is 18.4 Å². The molecular formula is C19H17Cl2NO3. The second-order valence-electron chi connectivity index (χ2n) is 6.03. The van der Waals surface area contributed by atoms with Crippen LogP contribution in [-0.4, -0.2) is 18.8 Å². The van der Waals surface area contributed by atoms with Gasteiger partial charge in [-0.25, -0.2) is 0 Å². The number of nitrogens with one attached hydrogen (secondary N) is 1. The minimum absolute atomic E-state index is 0.0348. The molecule has 0 bridgehead atoms. The van der Waals surface area contributed by atoms with Crippen molar-refractivity contribution in [1.29, 1.82) is 0 Å². The van der Waals surface area contributed by atoms with Crippen LogP contribution in [0, 0.1) is 5.92 Å². The van der Waals surface area contributed by atoms with E-state index in [0.29, 0.717) is 27.0 Å². The summed E-state index contributed by atoms with van der Waals surface area (Å²) in [6.07, 6.45) is 2.01. The Bertz CT molecular complexity index is 831. The molecule has 1 fully saturated rings. The minimum Gasteiger partial charge on any atom is -0.495 e. The maximum absolute atomic E-state index is 12.6. The van der Waals surface area contributed by atoms with Crippen LogP contribution in [0.4, 0.5) is 5.69 Å². The standard InChI is InChI=1S/C19H17Cl2NO3/c1-25-18-7-5-13(10-16(18)22-19(24)12-3-4-12)17(23)9-11-2-6-14(20)15(21)8-11/h2,5-8,10,12H,3-4,9H2,1H3,(H,22,24).